The molecule has 0 amide bonds. The van der Waals surface area contributed by atoms with Crippen molar-refractivity contribution in [3.8, 4) is 0 Å². The third-order valence-electron chi connectivity index (χ3n) is 0. The summed E-state index contributed by atoms with van der Waals surface area (Å²) in [6.07, 6.45) is 0. The Morgan fingerprint density at radius 2 is 1.17 bits per heavy atom. The zero-order chi connectivity index (χ0) is 5.41. The average molecular weight is 353 g/mol. The predicted octanol–water partition coefficient (Wildman–Crippen LogP) is 3.24. The van der Waals surface area contributed by atoms with Crippen LogP contribution in [0.3, 0.4) is 0 Å². The minimum atomic E-state index is 0.194. The molecular formula is C2H4Cl2I2. The van der Waals surface area contributed by atoms with Gasteiger partial charge in [-0.05, 0) is 0 Å². The Bertz CT molecular complexity index is 11.5. The van der Waals surface area contributed by atoms with E-state index < -0.39 is 0 Å². The van der Waals surface area contributed by atoms with E-state index in [1.54, 1.807) is 0 Å². The van der Waals surface area contributed by atoms with E-state index in [2.05, 4.69) is 45.2 Å². The van der Waals surface area contributed by atoms with E-state index in [0.29, 0.717) is 0 Å². The fourth-order valence-corrected chi connectivity index (χ4v) is 0. The summed E-state index contributed by atoms with van der Waals surface area (Å²) in [6.45, 7) is 0. The van der Waals surface area contributed by atoms with Gasteiger partial charge in [0.1, 0.15) is 0 Å². The highest BCUT2D eigenvalue weighted by Gasteiger charge is 1.41. The molecule has 0 bridgehead atoms. The maximum atomic E-state index is 4.76. The van der Waals surface area contributed by atoms with Gasteiger partial charge >= 0.3 is 0 Å². The molecule has 0 saturated carbocycles. The summed E-state index contributed by atoms with van der Waals surface area (Å²) in [5.41, 5.74) is 0. The second-order valence-electron chi connectivity index (χ2n) is 0.202. The summed E-state index contributed by atoms with van der Waals surface area (Å²) < 4.78 is 1.19. The molecule has 0 aromatic rings. The van der Waals surface area contributed by atoms with Crippen molar-refractivity contribution in [2.75, 3.05) is 7.77 Å². The molecule has 0 fully saturated rings. The van der Waals surface area contributed by atoms with Gasteiger partial charge in [-0.25, -0.2) is 0 Å². The quantitative estimate of drug-likeness (QED) is 0.464. The van der Waals surface area contributed by atoms with Crippen molar-refractivity contribution >= 4 is 68.4 Å². The van der Waals surface area contributed by atoms with Gasteiger partial charge in [-0.1, -0.05) is 45.2 Å². The van der Waals surface area contributed by atoms with Gasteiger partial charge in [0.2, 0.25) is 0 Å². The zero-order valence-electron chi connectivity index (χ0n) is 2.93. The van der Waals surface area contributed by atoms with Crippen molar-refractivity contribution in [1.29, 1.82) is 0 Å². The van der Waals surface area contributed by atoms with Gasteiger partial charge in [-0.2, -0.15) is 0 Å². The molecule has 0 aliphatic rings. The van der Waals surface area contributed by atoms with Gasteiger partial charge in [0.15, 0.2) is 0 Å². The normalized spacial score (nSPS) is 6.00. The monoisotopic (exact) mass is 352 g/mol. The van der Waals surface area contributed by atoms with Crippen LogP contribution >= 0.6 is 68.4 Å². The Kier molecular flexibility index (Phi) is 28.6. The summed E-state index contributed by atoms with van der Waals surface area (Å²) >= 11 is 14.1. The van der Waals surface area contributed by atoms with E-state index >= 15 is 0 Å². The molecule has 0 nitrogen and oxygen atoms in total. The first-order valence-corrected chi connectivity index (χ1v) is 5.19. The fraction of sp³-hybridized carbons (Fsp3) is 1.00. The highest BCUT2D eigenvalue weighted by atomic mass is 127. The van der Waals surface area contributed by atoms with Crippen molar-refractivity contribution in [2.24, 2.45) is 0 Å². The topological polar surface area (TPSA) is 0 Å². The number of hydrogen-bond donors (Lipinski definition) is 0. The summed E-state index contributed by atoms with van der Waals surface area (Å²) in [6, 6.07) is 0. The highest BCUT2D eigenvalue weighted by molar-refractivity contribution is 14.2. The van der Waals surface area contributed by atoms with Crippen LogP contribution in [-0.2, 0) is 0 Å². The van der Waals surface area contributed by atoms with Crippen LogP contribution in [0.25, 0.3) is 0 Å². The Balaban J connectivity index is 0. The number of alkyl halides is 4. The lowest BCUT2D eigenvalue weighted by Gasteiger charge is -1.43. The van der Waals surface area contributed by atoms with Crippen LogP contribution in [0.2, 0.25) is 0 Å². The predicted molar refractivity (Wildman–Crippen MR) is 49.5 cm³/mol. The molecule has 0 rings (SSSR count). The van der Waals surface area contributed by atoms with Gasteiger partial charge in [-0.15, -0.1) is 23.2 Å². The molecule has 4 heteroatoms. The summed E-state index contributed by atoms with van der Waals surface area (Å²) in [4.78, 5) is 0. The third kappa shape index (κ3) is 36.9. The Hall–Kier alpha value is 2.04. The second kappa shape index (κ2) is 15.7. The lowest BCUT2D eigenvalue weighted by molar-refractivity contribution is 2.20. The maximum absolute atomic E-state index is 4.76. The fourth-order valence-electron chi connectivity index (χ4n) is 0. The molecule has 40 valence electrons. The second-order valence-corrected chi connectivity index (χ2v) is 5.45. The van der Waals surface area contributed by atoms with Crippen molar-refractivity contribution in [1.82, 2.24) is 0 Å². The minimum absolute atomic E-state index is 0.194. The number of halogens is 4. The Morgan fingerprint density at radius 3 is 1.17 bits per heavy atom. The largest absolute Gasteiger partial charge is 0.109 e. The highest BCUT2D eigenvalue weighted by Crippen LogP contribution is 1.86. The van der Waals surface area contributed by atoms with E-state index in [1.165, 1.54) is 2.43 Å². The molecule has 6 heavy (non-hydrogen) atoms. The molecule has 0 heterocycles. The van der Waals surface area contributed by atoms with Crippen LogP contribution < -0.4 is 0 Å². The van der Waals surface area contributed by atoms with Crippen molar-refractivity contribution in [3.05, 3.63) is 0 Å². The molecule has 0 N–H and O–H groups in total. The number of hydrogen-bond acceptors (Lipinski definition) is 0. The van der Waals surface area contributed by atoms with Crippen LogP contribution in [0, 0.1) is 0 Å². The smallest absolute Gasteiger partial charge is 0.0967 e. The standard InChI is InChI=1S/CH2Cl2.CH2I2/c2*2-1-3/h2*1H2. The molecule has 0 aliphatic carbocycles. The molecule has 0 unspecified atom stereocenters. The van der Waals surface area contributed by atoms with Crippen LogP contribution in [0.1, 0.15) is 0 Å². The Morgan fingerprint density at radius 1 is 1.17 bits per heavy atom. The van der Waals surface area contributed by atoms with Crippen molar-refractivity contribution < 1.29 is 0 Å². The minimum Gasteiger partial charge on any atom is -0.109 e. The number of rotatable bonds is 0. The zero-order valence-corrected chi connectivity index (χ0v) is 8.75. The van der Waals surface area contributed by atoms with Gasteiger partial charge in [-0.3, -0.25) is 0 Å². The molecule has 0 aromatic heterocycles. The molecular weight excluding hydrogens is 349 g/mol. The lowest BCUT2D eigenvalue weighted by atomic mass is 11.9. The van der Waals surface area contributed by atoms with Crippen LogP contribution in [0.5, 0.6) is 0 Å². The van der Waals surface area contributed by atoms with E-state index in [4.69, 9.17) is 23.2 Å². The van der Waals surface area contributed by atoms with E-state index in [0.717, 1.165) is 0 Å². The van der Waals surface area contributed by atoms with Gasteiger partial charge in [0.25, 0.3) is 0 Å². The van der Waals surface area contributed by atoms with Crippen LogP contribution in [0.4, 0.5) is 0 Å². The molecule has 0 atom stereocenters. The van der Waals surface area contributed by atoms with E-state index in [-0.39, 0.29) is 5.34 Å². The lowest BCUT2D eigenvalue weighted by Crippen LogP contribution is -1.24. The van der Waals surface area contributed by atoms with Gasteiger partial charge in [0.05, 0.1) is 7.77 Å². The summed E-state index contributed by atoms with van der Waals surface area (Å²) in [5.74, 6) is 0. The molecule has 0 radical (unpaired) electrons. The molecule has 0 aromatic carbocycles. The van der Waals surface area contributed by atoms with Gasteiger partial charge in [0, 0.05) is 0 Å². The summed E-state index contributed by atoms with van der Waals surface area (Å²) in [7, 11) is 0. The first-order valence-electron chi connectivity index (χ1n) is 1.07. The van der Waals surface area contributed by atoms with Crippen LogP contribution in [-0.4, -0.2) is 7.77 Å². The van der Waals surface area contributed by atoms with Crippen molar-refractivity contribution in [2.45, 2.75) is 0 Å². The average Bonchev–Trinajstić information content (AvgIpc) is 1.39. The van der Waals surface area contributed by atoms with Crippen LogP contribution in [0.15, 0.2) is 0 Å². The molecule has 0 aliphatic heterocycles. The first kappa shape index (κ1) is 10.9. The summed E-state index contributed by atoms with van der Waals surface area (Å²) in [5, 5.41) is 0.194. The third-order valence-corrected chi connectivity index (χ3v) is 0. The van der Waals surface area contributed by atoms with Crippen molar-refractivity contribution in [3.63, 3.8) is 0 Å². The molecule has 0 saturated heterocycles. The first-order chi connectivity index (χ1) is 2.83. The van der Waals surface area contributed by atoms with E-state index in [9.17, 15) is 0 Å². The van der Waals surface area contributed by atoms with Gasteiger partial charge < -0.3 is 0 Å². The molecule has 0 spiro atoms. The SMILES string of the molecule is ClCCl.ICI. The Labute approximate surface area is 75.2 Å². The van der Waals surface area contributed by atoms with E-state index in [1.807, 2.05) is 0 Å². The maximum Gasteiger partial charge on any atom is 0.0967 e.